The molecule has 120 valence electrons. The van der Waals surface area contributed by atoms with E-state index in [1.165, 1.54) is 4.31 Å². The van der Waals surface area contributed by atoms with Gasteiger partial charge in [-0.3, -0.25) is 5.10 Å². The van der Waals surface area contributed by atoms with E-state index in [2.05, 4.69) is 10.2 Å². The molecule has 2 heterocycles. The highest BCUT2D eigenvalue weighted by molar-refractivity contribution is 7.89. The van der Waals surface area contributed by atoms with Gasteiger partial charge in [0.1, 0.15) is 0 Å². The molecule has 2 N–H and O–H groups in total. The van der Waals surface area contributed by atoms with Crippen LogP contribution in [0.15, 0.2) is 5.03 Å². The Balaban J connectivity index is 2.44. The van der Waals surface area contributed by atoms with Gasteiger partial charge in [-0.15, -0.1) is 0 Å². The van der Waals surface area contributed by atoms with Crippen molar-refractivity contribution >= 4 is 10.0 Å². The lowest BCUT2D eigenvalue weighted by Crippen LogP contribution is -2.58. The monoisotopic (exact) mass is 317 g/mol. The topological polar surface area (TPSA) is 95.5 Å². The van der Waals surface area contributed by atoms with E-state index in [-0.39, 0.29) is 24.7 Å². The molecule has 1 fully saturated rings. The van der Waals surface area contributed by atoms with Crippen LogP contribution in [-0.2, 0) is 21.4 Å². The summed E-state index contributed by atoms with van der Waals surface area (Å²) >= 11 is 0. The normalized spacial score (nSPS) is 22.4. The van der Waals surface area contributed by atoms with Gasteiger partial charge in [0, 0.05) is 24.3 Å². The number of sulfonamides is 1. The summed E-state index contributed by atoms with van der Waals surface area (Å²) in [4.78, 5) is 0. The van der Waals surface area contributed by atoms with Gasteiger partial charge in [-0.1, -0.05) is 0 Å². The zero-order valence-corrected chi connectivity index (χ0v) is 13.9. The first kappa shape index (κ1) is 16.4. The van der Waals surface area contributed by atoms with Crippen molar-refractivity contribution in [1.29, 1.82) is 0 Å². The molecule has 2 rings (SSSR count). The number of rotatable bonds is 3. The van der Waals surface area contributed by atoms with Crippen molar-refractivity contribution in [2.24, 2.45) is 0 Å². The SMILES string of the molecule is Cc1[nH]nc(S(=O)(=O)N2CC(C)(C)OC(C)(C)C2)c1CO. The molecular weight excluding hydrogens is 294 g/mol. The average molecular weight is 317 g/mol. The number of aryl methyl sites for hydroxylation is 1. The Bertz CT molecular complexity index is 618. The molecule has 0 aliphatic carbocycles. The summed E-state index contributed by atoms with van der Waals surface area (Å²) in [5, 5.41) is 15.8. The fourth-order valence-electron chi connectivity index (χ4n) is 2.84. The average Bonchev–Trinajstić information content (AvgIpc) is 2.66. The Kier molecular flexibility index (Phi) is 3.94. The minimum absolute atomic E-state index is 0.101. The van der Waals surface area contributed by atoms with Gasteiger partial charge in [-0.05, 0) is 34.6 Å². The van der Waals surface area contributed by atoms with Crippen LogP contribution in [0.5, 0.6) is 0 Å². The Morgan fingerprint density at radius 1 is 1.29 bits per heavy atom. The second kappa shape index (κ2) is 5.05. The third-order valence-corrected chi connectivity index (χ3v) is 5.21. The van der Waals surface area contributed by atoms with E-state index in [0.29, 0.717) is 11.3 Å². The molecule has 21 heavy (non-hydrogen) atoms. The van der Waals surface area contributed by atoms with Gasteiger partial charge < -0.3 is 9.84 Å². The van der Waals surface area contributed by atoms with Crippen molar-refractivity contribution in [2.45, 2.75) is 57.5 Å². The van der Waals surface area contributed by atoms with Crippen molar-refractivity contribution in [3.63, 3.8) is 0 Å². The molecule has 0 bridgehead atoms. The third-order valence-electron chi connectivity index (χ3n) is 3.45. The predicted octanol–water partition coefficient (Wildman–Crippen LogP) is 0.789. The lowest BCUT2D eigenvalue weighted by atomic mass is 10.0. The van der Waals surface area contributed by atoms with E-state index < -0.39 is 21.2 Å². The van der Waals surface area contributed by atoms with Crippen molar-refractivity contribution in [3.05, 3.63) is 11.3 Å². The van der Waals surface area contributed by atoms with Crippen molar-refractivity contribution in [2.75, 3.05) is 13.1 Å². The lowest BCUT2D eigenvalue weighted by molar-refractivity contribution is -0.164. The number of nitrogens with one attached hydrogen (secondary N) is 1. The van der Waals surface area contributed by atoms with Gasteiger partial charge in [0.25, 0.3) is 10.0 Å². The fourth-order valence-corrected chi connectivity index (χ4v) is 4.74. The maximum atomic E-state index is 12.8. The number of aromatic amines is 1. The number of aromatic nitrogens is 2. The van der Waals surface area contributed by atoms with Crippen molar-refractivity contribution in [1.82, 2.24) is 14.5 Å². The summed E-state index contributed by atoms with van der Waals surface area (Å²) < 4.78 is 32.9. The summed E-state index contributed by atoms with van der Waals surface area (Å²) in [7, 11) is -3.78. The van der Waals surface area contributed by atoms with Crippen LogP contribution >= 0.6 is 0 Å². The number of ether oxygens (including phenoxy) is 1. The number of morpholine rings is 1. The molecule has 0 spiro atoms. The molecule has 0 aromatic carbocycles. The Hall–Kier alpha value is -0.960. The van der Waals surface area contributed by atoms with Crippen LogP contribution in [0.4, 0.5) is 0 Å². The van der Waals surface area contributed by atoms with E-state index in [9.17, 15) is 13.5 Å². The van der Waals surface area contributed by atoms with Gasteiger partial charge in [0.15, 0.2) is 5.03 Å². The molecule has 1 aromatic rings. The predicted molar refractivity (Wildman–Crippen MR) is 77.2 cm³/mol. The smallest absolute Gasteiger partial charge is 0.262 e. The second-order valence-electron chi connectivity index (χ2n) is 6.68. The first-order valence-corrected chi connectivity index (χ1v) is 8.27. The Labute approximate surface area is 125 Å². The van der Waals surface area contributed by atoms with Crippen LogP contribution in [0, 0.1) is 6.92 Å². The molecule has 1 aliphatic heterocycles. The number of H-pyrrole nitrogens is 1. The summed E-state index contributed by atoms with van der Waals surface area (Å²) in [6, 6.07) is 0. The van der Waals surface area contributed by atoms with E-state index in [1.807, 2.05) is 27.7 Å². The molecule has 0 unspecified atom stereocenters. The van der Waals surface area contributed by atoms with Gasteiger partial charge >= 0.3 is 0 Å². The largest absolute Gasteiger partial charge is 0.392 e. The van der Waals surface area contributed by atoms with E-state index >= 15 is 0 Å². The molecule has 1 saturated heterocycles. The summed E-state index contributed by atoms with van der Waals surface area (Å²) in [6.07, 6.45) is 0. The standard InChI is InChI=1S/C13H23N3O4S/c1-9-10(6-17)11(15-14-9)21(18,19)16-7-12(2,3)20-13(4,5)8-16/h17H,6-8H2,1-5H3,(H,14,15). The summed E-state index contributed by atoms with van der Waals surface area (Å²) in [5.41, 5.74) is -0.293. The molecular formula is C13H23N3O4S. The first-order chi connectivity index (χ1) is 9.48. The number of aliphatic hydroxyl groups excluding tert-OH is 1. The zero-order chi connectivity index (χ0) is 16.1. The summed E-state index contributed by atoms with van der Waals surface area (Å²) in [5.74, 6) is 0. The maximum absolute atomic E-state index is 12.8. The molecule has 0 amide bonds. The Morgan fingerprint density at radius 2 is 1.81 bits per heavy atom. The van der Waals surface area contributed by atoms with E-state index in [0.717, 1.165) is 0 Å². The minimum Gasteiger partial charge on any atom is -0.392 e. The highest BCUT2D eigenvalue weighted by Gasteiger charge is 2.44. The number of nitrogens with zero attached hydrogens (tertiary/aromatic N) is 2. The van der Waals surface area contributed by atoms with E-state index in [4.69, 9.17) is 4.74 Å². The molecule has 0 radical (unpaired) electrons. The minimum atomic E-state index is -3.78. The number of aliphatic hydroxyl groups is 1. The van der Waals surface area contributed by atoms with Crippen molar-refractivity contribution in [3.8, 4) is 0 Å². The van der Waals surface area contributed by atoms with Gasteiger partial charge in [-0.25, -0.2) is 8.42 Å². The van der Waals surface area contributed by atoms with Crippen LogP contribution < -0.4 is 0 Å². The summed E-state index contributed by atoms with van der Waals surface area (Å²) in [6.45, 7) is 9.25. The highest BCUT2D eigenvalue weighted by atomic mass is 32.2. The maximum Gasteiger partial charge on any atom is 0.262 e. The highest BCUT2D eigenvalue weighted by Crippen LogP contribution is 2.32. The molecule has 1 aliphatic rings. The number of hydrogen-bond donors (Lipinski definition) is 2. The van der Waals surface area contributed by atoms with Crippen LogP contribution in [0.3, 0.4) is 0 Å². The first-order valence-electron chi connectivity index (χ1n) is 6.83. The second-order valence-corrected chi connectivity index (χ2v) is 8.54. The van der Waals surface area contributed by atoms with Gasteiger partial charge in [0.05, 0.1) is 17.8 Å². The van der Waals surface area contributed by atoms with Crippen LogP contribution in [0.2, 0.25) is 0 Å². The zero-order valence-electron chi connectivity index (χ0n) is 13.1. The fraction of sp³-hybridized carbons (Fsp3) is 0.769. The van der Waals surface area contributed by atoms with E-state index in [1.54, 1.807) is 6.92 Å². The van der Waals surface area contributed by atoms with Crippen LogP contribution in [0.25, 0.3) is 0 Å². The number of hydrogen-bond acceptors (Lipinski definition) is 5. The molecule has 8 heteroatoms. The van der Waals surface area contributed by atoms with Crippen molar-refractivity contribution < 1.29 is 18.3 Å². The molecule has 0 saturated carbocycles. The van der Waals surface area contributed by atoms with Gasteiger partial charge in [0.2, 0.25) is 0 Å². The molecule has 1 aromatic heterocycles. The van der Waals surface area contributed by atoms with Crippen LogP contribution in [0.1, 0.15) is 39.0 Å². The van der Waals surface area contributed by atoms with Gasteiger partial charge in [-0.2, -0.15) is 9.40 Å². The third kappa shape index (κ3) is 3.13. The molecule has 7 nitrogen and oxygen atoms in total. The van der Waals surface area contributed by atoms with Crippen LogP contribution in [-0.4, -0.2) is 52.3 Å². The molecule has 0 atom stereocenters. The lowest BCUT2D eigenvalue weighted by Gasteiger charge is -2.46. The Morgan fingerprint density at radius 3 is 2.29 bits per heavy atom. The quantitative estimate of drug-likeness (QED) is 0.859.